The number of ether oxygens (including phenoxy) is 1. The summed E-state index contributed by atoms with van der Waals surface area (Å²) in [5.41, 5.74) is 2.22. The van der Waals surface area contributed by atoms with E-state index in [1.54, 1.807) is 6.08 Å². The molecule has 0 spiro atoms. The van der Waals surface area contributed by atoms with Crippen LogP contribution < -0.4 is 0 Å². The van der Waals surface area contributed by atoms with Crippen LogP contribution in [-0.2, 0) is 14.3 Å². The molecule has 0 aliphatic heterocycles. The van der Waals surface area contributed by atoms with Gasteiger partial charge in [0.15, 0.2) is 0 Å². The maximum atomic E-state index is 13.4. The van der Waals surface area contributed by atoms with Gasteiger partial charge in [0.25, 0.3) is 0 Å². The highest BCUT2D eigenvalue weighted by molar-refractivity contribution is 5.99. The van der Waals surface area contributed by atoms with E-state index < -0.39 is 11.9 Å². The molecule has 1 unspecified atom stereocenters. The van der Waals surface area contributed by atoms with Crippen LogP contribution in [0, 0.1) is 22.7 Å². The van der Waals surface area contributed by atoms with Crippen molar-refractivity contribution in [1.29, 1.82) is 0 Å². The van der Waals surface area contributed by atoms with Gasteiger partial charge in [-0.15, -0.1) is 13.2 Å². The van der Waals surface area contributed by atoms with E-state index in [0.717, 1.165) is 18.4 Å². The summed E-state index contributed by atoms with van der Waals surface area (Å²) >= 11 is 0. The maximum Gasteiger partial charge on any atom is 0.317 e. The first-order chi connectivity index (χ1) is 16.1. The molecule has 3 nitrogen and oxygen atoms in total. The van der Waals surface area contributed by atoms with Crippen LogP contribution >= 0.6 is 0 Å². The van der Waals surface area contributed by atoms with Crippen molar-refractivity contribution in [3.8, 4) is 0 Å². The molecule has 0 saturated heterocycles. The van der Waals surface area contributed by atoms with E-state index in [2.05, 4.69) is 76.4 Å². The normalized spacial score (nSPS) is 27.9. The Morgan fingerprint density at radius 1 is 1.12 bits per heavy atom. The molecule has 5 atom stereocenters. The van der Waals surface area contributed by atoms with Crippen molar-refractivity contribution in [2.75, 3.05) is 0 Å². The highest BCUT2D eigenvalue weighted by atomic mass is 16.5. The molecule has 0 N–H and O–H groups in total. The second kappa shape index (κ2) is 9.17. The average Bonchev–Trinajstić information content (AvgIpc) is 3.12. The number of fused-ring (bicyclic) bond motifs is 3. The number of hydrogen-bond donors (Lipinski definition) is 0. The zero-order chi connectivity index (χ0) is 24.7. The van der Waals surface area contributed by atoms with Crippen LogP contribution in [0.1, 0.15) is 71.3 Å². The zero-order valence-electron chi connectivity index (χ0n) is 21.1. The Morgan fingerprint density at radius 3 is 2.50 bits per heavy atom. The van der Waals surface area contributed by atoms with Gasteiger partial charge in [-0.1, -0.05) is 74.9 Å². The van der Waals surface area contributed by atoms with Crippen molar-refractivity contribution in [2.24, 2.45) is 22.7 Å². The Bertz CT molecular complexity index is 1130. The number of benzene rings is 2. The van der Waals surface area contributed by atoms with E-state index in [1.807, 2.05) is 6.92 Å². The first kappa shape index (κ1) is 24.4. The van der Waals surface area contributed by atoms with Gasteiger partial charge >= 0.3 is 5.97 Å². The lowest BCUT2D eigenvalue weighted by molar-refractivity contribution is -0.160. The van der Waals surface area contributed by atoms with Gasteiger partial charge in [0.05, 0.1) is 0 Å². The van der Waals surface area contributed by atoms with Crippen LogP contribution in [0.3, 0.4) is 0 Å². The highest BCUT2D eigenvalue weighted by Crippen LogP contribution is 2.71. The molecule has 4 rings (SSSR count). The Labute approximate surface area is 204 Å². The SMILES string of the molecule is C=CCC(C(=O)CCC(=C)C)C(=O)O[C@@H]1[C@H]2CC[C@@](C)([C@@H]1c1ccc3ccccc3c1)C2(C)C. The fraction of sp³-hybridized carbons (Fsp3) is 0.484. The highest BCUT2D eigenvalue weighted by Gasteiger charge is 2.67. The van der Waals surface area contributed by atoms with Crippen molar-refractivity contribution in [3.05, 3.63) is 72.8 Å². The van der Waals surface area contributed by atoms with E-state index in [-0.39, 0.29) is 34.6 Å². The third-order valence-corrected chi connectivity index (χ3v) is 9.04. The molecule has 3 heteroatoms. The van der Waals surface area contributed by atoms with E-state index in [0.29, 0.717) is 19.3 Å². The molecule has 0 radical (unpaired) electrons. The largest absolute Gasteiger partial charge is 0.461 e. The number of rotatable bonds is 9. The molecule has 0 heterocycles. The lowest BCUT2D eigenvalue weighted by Crippen LogP contribution is -2.37. The molecule has 0 amide bonds. The smallest absolute Gasteiger partial charge is 0.317 e. The lowest BCUT2D eigenvalue weighted by atomic mass is 9.64. The number of allylic oxidation sites excluding steroid dienone is 2. The second-order valence-electron chi connectivity index (χ2n) is 11.3. The Balaban J connectivity index is 1.66. The fourth-order valence-electron chi connectivity index (χ4n) is 6.65. The van der Waals surface area contributed by atoms with Gasteiger partial charge in [-0.2, -0.15) is 0 Å². The summed E-state index contributed by atoms with van der Waals surface area (Å²) in [6.07, 6.45) is 4.80. The quantitative estimate of drug-likeness (QED) is 0.223. The maximum absolute atomic E-state index is 13.4. The van der Waals surface area contributed by atoms with Crippen LogP contribution in [0.15, 0.2) is 67.3 Å². The van der Waals surface area contributed by atoms with Crippen molar-refractivity contribution < 1.29 is 14.3 Å². The molecule has 2 aliphatic carbocycles. The van der Waals surface area contributed by atoms with Crippen LogP contribution in [0.25, 0.3) is 10.8 Å². The topological polar surface area (TPSA) is 43.4 Å². The summed E-state index contributed by atoms with van der Waals surface area (Å²) in [6, 6.07) is 15.0. The minimum Gasteiger partial charge on any atom is -0.461 e. The lowest BCUT2D eigenvalue weighted by Gasteiger charge is -2.40. The zero-order valence-corrected chi connectivity index (χ0v) is 21.1. The summed E-state index contributed by atoms with van der Waals surface area (Å²) < 4.78 is 6.34. The Morgan fingerprint density at radius 2 is 1.82 bits per heavy atom. The van der Waals surface area contributed by atoms with Crippen LogP contribution in [-0.4, -0.2) is 17.9 Å². The molecule has 0 aromatic heterocycles. The third-order valence-electron chi connectivity index (χ3n) is 9.04. The molecule has 34 heavy (non-hydrogen) atoms. The first-order valence-electron chi connectivity index (χ1n) is 12.6. The van der Waals surface area contributed by atoms with Gasteiger partial charge in [0, 0.05) is 18.3 Å². The number of Topliss-reactive ketones (excluding diaryl/α,β-unsaturated/α-hetero) is 1. The van der Waals surface area contributed by atoms with E-state index in [4.69, 9.17) is 4.74 Å². The van der Waals surface area contributed by atoms with Crippen molar-refractivity contribution in [2.45, 2.75) is 71.8 Å². The number of carbonyl (C=O) groups excluding carboxylic acids is 2. The average molecular weight is 459 g/mol. The molecule has 2 bridgehead atoms. The standard InChI is InChI=1S/C31H38O3/c1-7-10-24(26(32)16-13-20(2)3)29(33)34-28-25-17-18-31(6,30(25,4)5)27(28)23-15-14-21-11-8-9-12-22(21)19-23/h7-9,11-12,14-15,19,24-25,27-28H,1-2,10,13,16-18H2,3-6H3/t24?,25-,27-,28-,31+/m1/s1. The fourth-order valence-corrected chi connectivity index (χ4v) is 6.65. The van der Waals surface area contributed by atoms with E-state index in [1.165, 1.54) is 16.3 Å². The number of esters is 1. The molecule has 2 saturated carbocycles. The summed E-state index contributed by atoms with van der Waals surface area (Å²) in [4.78, 5) is 26.4. The minimum atomic E-state index is -0.788. The molecular formula is C31H38O3. The van der Waals surface area contributed by atoms with Crippen molar-refractivity contribution in [1.82, 2.24) is 0 Å². The number of ketones is 1. The summed E-state index contributed by atoms with van der Waals surface area (Å²) in [5, 5.41) is 2.41. The Hall–Kier alpha value is -2.68. The predicted molar refractivity (Wildman–Crippen MR) is 139 cm³/mol. The van der Waals surface area contributed by atoms with Gasteiger partial charge in [0.2, 0.25) is 0 Å². The second-order valence-corrected chi connectivity index (χ2v) is 11.3. The van der Waals surface area contributed by atoms with E-state index in [9.17, 15) is 9.59 Å². The van der Waals surface area contributed by atoms with Gasteiger partial charge in [0.1, 0.15) is 17.8 Å². The van der Waals surface area contributed by atoms with Gasteiger partial charge < -0.3 is 4.74 Å². The molecule has 180 valence electrons. The molecule has 2 aromatic rings. The van der Waals surface area contributed by atoms with Gasteiger partial charge in [-0.3, -0.25) is 9.59 Å². The van der Waals surface area contributed by atoms with Gasteiger partial charge in [-0.25, -0.2) is 0 Å². The number of carbonyl (C=O) groups is 2. The van der Waals surface area contributed by atoms with Crippen molar-refractivity contribution >= 4 is 22.5 Å². The Kier molecular flexibility index (Phi) is 6.59. The van der Waals surface area contributed by atoms with Crippen LogP contribution in [0.4, 0.5) is 0 Å². The van der Waals surface area contributed by atoms with Crippen LogP contribution in [0.2, 0.25) is 0 Å². The molecule has 2 fully saturated rings. The third kappa shape index (κ3) is 4.04. The molecule has 2 aliphatic rings. The first-order valence-corrected chi connectivity index (χ1v) is 12.6. The monoisotopic (exact) mass is 458 g/mol. The van der Waals surface area contributed by atoms with Crippen molar-refractivity contribution in [3.63, 3.8) is 0 Å². The van der Waals surface area contributed by atoms with Gasteiger partial charge in [-0.05, 0) is 59.8 Å². The molecular weight excluding hydrogens is 420 g/mol. The van der Waals surface area contributed by atoms with Crippen LogP contribution in [0.5, 0.6) is 0 Å². The minimum absolute atomic E-state index is 0.0168. The summed E-state index contributed by atoms with van der Waals surface area (Å²) in [7, 11) is 0. The summed E-state index contributed by atoms with van der Waals surface area (Å²) in [5.74, 6) is -0.889. The predicted octanol–water partition coefficient (Wildman–Crippen LogP) is 7.41. The summed E-state index contributed by atoms with van der Waals surface area (Å²) in [6.45, 7) is 16.6. The van der Waals surface area contributed by atoms with E-state index >= 15 is 0 Å². The number of hydrogen-bond acceptors (Lipinski definition) is 3. The molecule has 2 aromatic carbocycles.